The fraction of sp³-hybridized carbons (Fsp3) is 0.353. The van der Waals surface area contributed by atoms with E-state index in [0.29, 0.717) is 29.9 Å². The molecule has 0 aliphatic carbocycles. The molecule has 0 aliphatic heterocycles. The number of anilines is 1. The zero-order chi connectivity index (χ0) is 32.8. The summed E-state index contributed by atoms with van der Waals surface area (Å²) in [6.45, 7) is 5.11. The highest BCUT2D eigenvalue weighted by atomic mass is 31.1. The van der Waals surface area contributed by atoms with Crippen LogP contribution in [0.2, 0.25) is 0 Å². The smallest absolute Gasteiger partial charge is 0.306 e. The minimum absolute atomic E-state index is 0.0337. The lowest BCUT2D eigenvalue weighted by atomic mass is 9.87. The number of amides is 3. The van der Waals surface area contributed by atoms with Crippen LogP contribution in [0.25, 0.3) is 0 Å². The maximum atomic E-state index is 13.7. The standard InChI is InChI=1S/C34H40N3O7P/c1-4-19-37(20-5-2)33(41)26-16-12-15-25(22-26)31(39)36-29(21-24-13-8-6-9-14-24)34(42,45-43)28(23-30(38)44-3)32(40)35-27-17-10-7-11-18-27/h6-18,22,28-29,42H,4-5,19-21,23H2,1-3H3,(H,35,40)(H,36,39). The Morgan fingerprint density at radius 3 is 2.07 bits per heavy atom. The number of aliphatic hydroxyl groups is 1. The van der Waals surface area contributed by atoms with Crippen LogP contribution in [-0.4, -0.2) is 65.3 Å². The molecule has 0 bridgehead atoms. The zero-order valence-corrected chi connectivity index (χ0v) is 26.7. The molecule has 45 heavy (non-hydrogen) atoms. The lowest BCUT2D eigenvalue weighted by molar-refractivity contribution is -0.146. The van der Waals surface area contributed by atoms with Gasteiger partial charge in [-0.25, -0.2) is 0 Å². The van der Waals surface area contributed by atoms with E-state index in [1.807, 2.05) is 13.8 Å². The topological polar surface area (TPSA) is 142 Å². The highest BCUT2D eigenvalue weighted by molar-refractivity contribution is 7.25. The Morgan fingerprint density at radius 1 is 0.889 bits per heavy atom. The third kappa shape index (κ3) is 9.54. The minimum Gasteiger partial charge on any atom is -0.469 e. The van der Waals surface area contributed by atoms with E-state index in [4.69, 9.17) is 4.74 Å². The van der Waals surface area contributed by atoms with Crippen LogP contribution in [-0.2, 0) is 25.3 Å². The molecular formula is C34H40N3O7P. The largest absolute Gasteiger partial charge is 0.469 e. The molecule has 10 nitrogen and oxygen atoms in total. The quantitative estimate of drug-likeness (QED) is 0.147. The molecule has 3 rings (SSSR count). The van der Waals surface area contributed by atoms with Crippen LogP contribution in [0.3, 0.4) is 0 Å². The van der Waals surface area contributed by atoms with Gasteiger partial charge in [0, 0.05) is 29.9 Å². The van der Waals surface area contributed by atoms with Crippen LogP contribution in [0, 0.1) is 5.92 Å². The summed E-state index contributed by atoms with van der Waals surface area (Å²) in [5, 5.41) is 15.0. The molecule has 0 aliphatic rings. The SMILES string of the molecule is CCCN(CCC)C(=O)c1cccc(C(=O)NC(Cc2ccccc2)C(O)(P=O)C(CC(=O)OC)C(=O)Nc2ccccc2)c1. The number of ether oxygens (including phenoxy) is 1. The molecule has 3 N–H and O–H groups in total. The predicted molar refractivity (Wildman–Crippen MR) is 172 cm³/mol. The van der Waals surface area contributed by atoms with Gasteiger partial charge in [0.1, 0.15) is 0 Å². The number of nitrogens with zero attached hydrogens (tertiary/aromatic N) is 1. The maximum absolute atomic E-state index is 13.7. The molecule has 3 unspecified atom stereocenters. The number of carbonyl (C=O) groups is 4. The van der Waals surface area contributed by atoms with Gasteiger partial charge in [-0.15, -0.1) is 0 Å². The summed E-state index contributed by atoms with van der Waals surface area (Å²) in [4.78, 5) is 54.8. The minimum atomic E-state index is -2.45. The Bertz CT molecular complexity index is 1450. The number of hydrogen-bond donors (Lipinski definition) is 3. The average Bonchev–Trinajstić information content (AvgIpc) is 3.06. The van der Waals surface area contributed by atoms with E-state index in [1.165, 1.54) is 12.1 Å². The third-order valence-electron chi connectivity index (χ3n) is 7.36. The second-order valence-electron chi connectivity index (χ2n) is 10.7. The first-order chi connectivity index (χ1) is 21.7. The summed E-state index contributed by atoms with van der Waals surface area (Å²) in [5.41, 5.74) is 1.53. The first kappa shape index (κ1) is 35.1. The summed E-state index contributed by atoms with van der Waals surface area (Å²) >= 11 is 0. The normalized spacial score (nSPS) is 13.6. The summed E-state index contributed by atoms with van der Waals surface area (Å²) in [6.07, 6.45) is 0.917. The highest BCUT2D eigenvalue weighted by Crippen LogP contribution is 2.38. The van der Waals surface area contributed by atoms with Crippen LogP contribution in [0.5, 0.6) is 0 Å². The first-order valence-corrected chi connectivity index (χ1v) is 15.7. The van der Waals surface area contributed by atoms with E-state index >= 15 is 0 Å². The summed E-state index contributed by atoms with van der Waals surface area (Å²) in [7, 11) is 0.240. The van der Waals surface area contributed by atoms with Crippen LogP contribution in [0.15, 0.2) is 84.9 Å². The molecule has 3 aromatic rings. The number of esters is 1. The van der Waals surface area contributed by atoms with E-state index in [1.54, 1.807) is 77.7 Å². The van der Waals surface area contributed by atoms with Gasteiger partial charge in [0.05, 0.1) is 25.5 Å². The Kier molecular flexibility index (Phi) is 13.4. The van der Waals surface area contributed by atoms with Gasteiger partial charge in [0.15, 0.2) is 13.8 Å². The van der Waals surface area contributed by atoms with Gasteiger partial charge in [-0.3, -0.25) is 23.7 Å². The Balaban J connectivity index is 2.01. The van der Waals surface area contributed by atoms with Crippen molar-refractivity contribution in [3.05, 3.63) is 102 Å². The van der Waals surface area contributed by atoms with Crippen molar-refractivity contribution >= 4 is 37.8 Å². The molecule has 3 amide bonds. The molecule has 0 spiro atoms. The lowest BCUT2D eigenvalue weighted by Crippen LogP contribution is -2.57. The van der Waals surface area contributed by atoms with Gasteiger partial charge < -0.3 is 25.4 Å². The second kappa shape index (κ2) is 17.2. The first-order valence-electron chi connectivity index (χ1n) is 14.9. The molecule has 238 valence electrons. The van der Waals surface area contributed by atoms with E-state index < -0.39 is 50.0 Å². The van der Waals surface area contributed by atoms with Gasteiger partial charge in [0.2, 0.25) is 5.91 Å². The zero-order valence-electron chi connectivity index (χ0n) is 25.8. The molecule has 0 saturated carbocycles. The van der Waals surface area contributed by atoms with Gasteiger partial charge in [0.25, 0.3) is 11.8 Å². The van der Waals surface area contributed by atoms with Crippen molar-refractivity contribution in [2.45, 2.75) is 50.9 Å². The van der Waals surface area contributed by atoms with Crippen LogP contribution in [0.1, 0.15) is 59.4 Å². The highest BCUT2D eigenvalue weighted by Gasteiger charge is 2.50. The van der Waals surface area contributed by atoms with E-state index in [-0.39, 0.29) is 17.9 Å². The van der Waals surface area contributed by atoms with Crippen LogP contribution >= 0.6 is 8.46 Å². The van der Waals surface area contributed by atoms with Crippen molar-refractivity contribution in [3.8, 4) is 0 Å². The molecule has 3 atom stereocenters. The molecular weight excluding hydrogens is 593 g/mol. The van der Waals surface area contributed by atoms with Gasteiger partial charge in [-0.05, 0) is 55.2 Å². The molecule has 11 heteroatoms. The Labute approximate surface area is 265 Å². The van der Waals surface area contributed by atoms with Crippen molar-refractivity contribution in [2.75, 3.05) is 25.5 Å². The van der Waals surface area contributed by atoms with Crippen molar-refractivity contribution in [2.24, 2.45) is 5.92 Å². The van der Waals surface area contributed by atoms with E-state index in [0.717, 1.165) is 20.0 Å². The van der Waals surface area contributed by atoms with Crippen LogP contribution in [0.4, 0.5) is 5.69 Å². The van der Waals surface area contributed by atoms with Crippen molar-refractivity contribution in [1.29, 1.82) is 0 Å². The molecule has 0 saturated heterocycles. The molecule has 0 fully saturated rings. The number of nitrogens with one attached hydrogen (secondary N) is 2. The van der Waals surface area contributed by atoms with Gasteiger partial charge in [-0.2, -0.15) is 0 Å². The summed E-state index contributed by atoms with van der Waals surface area (Å²) in [6, 6.07) is 22.2. The molecule has 0 aromatic heterocycles. The van der Waals surface area contributed by atoms with Crippen molar-refractivity contribution in [1.82, 2.24) is 10.2 Å². The Hall–Kier alpha value is -4.40. The van der Waals surface area contributed by atoms with Gasteiger partial charge in [-0.1, -0.05) is 68.4 Å². The van der Waals surface area contributed by atoms with Crippen molar-refractivity contribution < 1.29 is 33.6 Å². The number of carbonyl (C=O) groups excluding carboxylic acids is 4. The Morgan fingerprint density at radius 2 is 1.49 bits per heavy atom. The van der Waals surface area contributed by atoms with E-state index in [9.17, 15) is 28.8 Å². The van der Waals surface area contributed by atoms with Gasteiger partial charge >= 0.3 is 5.97 Å². The fourth-order valence-corrected chi connectivity index (χ4v) is 5.66. The lowest BCUT2D eigenvalue weighted by Gasteiger charge is -2.36. The number of rotatable bonds is 16. The fourth-order valence-electron chi connectivity index (χ4n) is 5.04. The monoisotopic (exact) mass is 633 g/mol. The number of benzene rings is 3. The summed E-state index contributed by atoms with van der Waals surface area (Å²) < 4.78 is 17.7. The predicted octanol–water partition coefficient (Wildman–Crippen LogP) is 5.09. The average molecular weight is 634 g/mol. The van der Waals surface area contributed by atoms with Crippen LogP contribution < -0.4 is 10.6 Å². The number of para-hydroxylation sites is 1. The maximum Gasteiger partial charge on any atom is 0.306 e. The molecule has 3 aromatic carbocycles. The molecule has 0 heterocycles. The van der Waals surface area contributed by atoms with E-state index in [2.05, 4.69) is 10.6 Å². The number of methoxy groups -OCH3 is 1. The second-order valence-corrected chi connectivity index (χ2v) is 11.6. The van der Waals surface area contributed by atoms with Crippen molar-refractivity contribution in [3.63, 3.8) is 0 Å². The third-order valence-corrected chi connectivity index (χ3v) is 8.28. The number of hydrogen-bond acceptors (Lipinski definition) is 7. The summed E-state index contributed by atoms with van der Waals surface area (Å²) in [5.74, 6) is -4.07. The molecule has 0 radical (unpaired) electrons.